The van der Waals surface area contributed by atoms with E-state index in [4.69, 9.17) is 0 Å². The Bertz CT molecular complexity index is 463. The van der Waals surface area contributed by atoms with E-state index in [0.717, 1.165) is 20.8 Å². The first-order valence-electron chi connectivity index (χ1n) is 4.55. The van der Waals surface area contributed by atoms with E-state index in [1.54, 1.807) is 6.92 Å². The van der Waals surface area contributed by atoms with E-state index in [2.05, 4.69) is 15.9 Å². The number of aliphatic hydroxyl groups is 1. The van der Waals surface area contributed by atoms with Crippen molar-refractivity contribution in [2.45, 2.75) is 13.0 Å². The van der Waals surface area contributed by atoms with Crippen LogP contribution in [0.3, 0.4) is 0 Å². The predicted octanol–water partition coefficient (Wildman–Crippen LogP) is 3.66. The van der Waals surface area contributed by atoms with Gasteiger partial charge in [-0.2, -0.15) is 0 Å². The van der Waals surface area contributed by atoms with Gasteiger partial charge in [-0.15, -0.1) is 0 Å². The van der Waals surface area contributed by atoms with Gasteiger partial charge in [0.15, 0.2) is 0 Å². The van der Waals surface area contributed by atoms with Gasteiger partial charge >= 0.3 is 0 Å². The molecule has 0 fully saturated rings. The van der Waals surface area contributed by atoms with Crippen LogP contribution >= 0.6 is 15.9 Å². The third-order valence-electron chi connectivity index (χ3n) is 2.35. The second-order valence-corrected chi connectivity index (χ2v) is 4.21. The van der Waals surface area contributed by atoms with Crippen LogP contribution in [0.25, 0.3) is 10.8 Å². The summed E-state index contributed by atoms with van der Waals surface area (Å²) in [6.07, 6.45) is -0.423. The monoisotopic (exact) mass is 250 g/mol. The number of fused-ring (bicyclic) bond motifs is 1. The molecular formula is C12H11BrO. The maximum atomic E-state index is 9.60. The van der Waals surface area contributed by atoms with Crippen molar-refractivity contribution in [1.29, 1.82) is 0 Å². The molecule has 0 radical (unpaired) electrons. The van der Waals surface area contributed by atoms with E-state index >= 15 is 0 Å². The maximum Gasteiger partial charge on any atom is 0.0767 e. The van der Waals surface area contributed by atoms with Crippen molar-refractivity contribution in [2.75, 3.05) is 0 Å². The molecule has 0 bridgehead atoms. The van der Waals surface area contributed by atoms with E-state index < -0.39 is 6.10 Å². The molecule has 0 aliphatic rings. The Hall–Kier alpha value is -0.860. The molecule has 1 N–H and O–H groups in total. The molecule has 1 nitrogen and oxygen atoms in total. The fourth-order valence-corrected chi connectivity index (χ4v) is 2.16. The van der Waals surface area contributed by atoms with Gasteiger partial charge < -0.3 is 5.11 Å². The van der Waals surface area contributed by atoms with Crippen molar-refractivity contribution in [2.24, 2.45) is 0 Å². The summed E-state index contributed by atoms with van der Waals surface area (Å²) in [5.41, 5.74) is 0.976. The molecule has 0 saturated carbocycles. The lowest BCUT2D eigenvalue weighted by molar-refractivity contribution is 0.201. The summed E-state index contributed by atoms with van der Waals surface area (Å²) in [6.45, 7) is 1.79. The van der Waals surface area contributed by atoms with Gasteiger partial charge in [-0.05, 0) is 29.3 Å². The van der Waals surface area contributed by atoms with Crippen molar-refractivity contribution in [1.82, 2.24) is 0 Å². The quantitative estimate of drug-likeness (QED) is 0.820. The molecule has 0 aromatic heterocycles. The van der Waals surface area contributed by atoms with Gasteiger partial charge in [0.1, 0.15) is 0 Å². The molecule has 0 aliphatic carbocycles. The van der Waals surface area contributed by atoms with Crippen molar-refractivity contribution in [3.05, 3.63) is 46.4 Å². The zero-order valence-electron chi connectivity index (χ0n) is 7.87. The van der Waals surface area contributed by atoms with Crippen molar-refractivity contribution < 1.29 is 5.11 Å². The van der Waals surface area contributed by atoms with Gasteiger partial charge in [0.2, 0.25) is 0 Å². The lowest BCUT2D eigenvalue weighted by atomic mass is 10.0. The maximum absolute atomic E-state index is 9.60. The number of hydrogen-bond donors (Lipinski definition) is 1. The minimum absolute atomic E-state index is 0.423. The zero-order chi connectivity index (χ0) is 10.1. The highest BCUT2D eigenvalue weighted by atomic mass is 79.9. The normalized spacial score (nSPS) is 13.1. The number of hydrogen-bond acceptors (Lipinski definition) is 1. The zero-order valence-corrected chi connectivity index (χ0v) is 9.45. The lowest BCUT2D eigenvalue weighted by Gasteiger charge is -2.09. The molecule has 0 aliphatic heterocycles. The van der Waals surface area contributed by atoms with E-state index in [0.29, 0.717) is 0 Å². The third kappa shape index (κ3) is 1.56. The first-order valence-corrected chi connectivity index (χ1v) is 5.34. The minimum atomic E-state index is -0.423. The number of halogens is 1. The Labute approximate surface area is 91.5 Å². The number of rotatable bonds is 1. The molecule has 0 saturated heterocycles. The Morgan fingerprint density at radius 1 is 1.07 bits per heavy atom. The molecule has 0 heterocycles. The summed E-state index contributed by atoms with van der Waals surface area (Å²) in [5, 5.41) is 11.8. The smallest absolute Gasteiger partial charge is 0.0767 e. The number of aliphatic hydroxyl groups excluding tert-OH is 1. The Morgan fingerprint density at radius 3 is 2.43 bits per heavy atom. The van der Waals surface area contributed by atoms with E-state index in [1.165, 1.54) is 0 Å². The van der Waals surface area contributed by atoms with E-state index in [-0.39, 0.29) is 0 Å². The summed E-state index contributed by atoms with van der Waals surface area (Å²) in [7, 11) is 0. The second-order valence-electron chi connectivity index (χ2n) is 3.36. The first kappa shape index (κ1) is 9.69. The highest BCUT2D eigenvalue weighted by molar-refractivity contribution is 9.10. The average molecular weight is 251 g/mol. The molecule has 2 aromatic carbocycles. The second kappa shape index (κ2) is 3.71. The summed E-state index contributed by atoms with van der Waals surface area (Å²) in [5.74, 6) is 0. The highest BCUT2D eigenvalue weighted by Crippen LogP contribution is 2.29. The van der Waals surface area contributed by atoms with E-state index in [9.17, 15) is 5.11 Å². The van der Waals surface area contributed by atoms with Gasteiger partial charge in [-0.3, -0.25) is 0 Å². The van der Waals surface area contributed by atoms with Crippen LogP contribution in [0, 0.1) is 0 Å². The molecule has 0 spiro atoms. The van der Waals surface area contributed by atoms with Crippen LogP contribution in [0.2, 0.25) is 0 Å². The molecule has 2 aromatic rings. The van der Waals surface area contributed by atoms with Crippen molar-refractivity contribution in [3.8, 4) is 0 Å². The van der Waals surface area contributed by atoms with Gasteiger partial charge in [0, 0.05) is 4.47 Å². The number of benzene rings is 2. The molecule has 2 rings (SSSR count). The van der Waals surface area contributed by atoms with Crippen molar-refractivity contribution in [3.63, 3.8) is 0 Å². The molecule has 72 valence electrons. The summed E-state index contributed by atoms with van der Waals surface area (Å²) < 4.78 is 1.07. The summed E-state index contributed by atoms with van der Waals surface area (Å²) in [6, 6.07) is 12.0. The minimum Gasteiger partial charge on any atom is -0.389 e. The molecule has 14 heavy (non-hydrogen) atoms. The molecule has 0 amide bonds. The molecule has 2 heteroatoms. The predicted molar refractivity (Wildman–Crippen MR) is 62.3 cm³/mol. The van der Waals surface area contributed by atoms with E-state index in [1.807, 2.05) is 36.4 Å². The Morgan fingerprint density at radius 2 is 1.71 bits per heavy atom. The third-order valence-corrected chi connectivity index (χ3v) is 3.04. The molecular weight excluding hydrogens is 240 g/mol. The van der Waals surface area contributed by atoms with Crippen LogP contribution in [0.4, 0.5) is 0 Å². The topological polar surface area (TPSA) is 20.2 Å². The van der Waals surface area contributed by atoms with Crippen LogP contribution in [0.1, 0.15) is 18.6 Å². The Balaban J connectivity index is 2.81. The summed E-state index contributed by atoms with van der Waals surface area (Å²) >= 11 is 3.50. The van der Waals surface area contributed by atoms with Crippen LogP contribution in [0.15, 0.2) is 40.9 Å². The van der Waals surface area contributed by atoms with Gasteiger partial charge in [-0.25, -0.2) is 0 Å². The fraction of sp³-hybridized carbons (Fsp3) is 0.167. The SMILES string of the molecule is C[C@@H](O)c1cccc2c(Br)cccc12. The van der Waals surface area contributed by atoms with Gasteiger partial charge in [0.05, 0.1) is 6.10 Å². The van der Waals surface area contributed by atoms with Crippen molar-refractivity contribution >= 4 is 26.7 Å². The van der Waals surface area contributed by atoms with Gasteiger partial charge in [-0.1, -0.05) is 46.3 Å². The Kier molecular flexibility index (Phi) is 2.57. The fourth-order valence-electron chi connectivity index (χ4n) is 1.66. The standard InChI is InChI=1S/C12H11BrO/c1-8(14)9-4-2-6-11-10(9)5-3-7-12(11)13/h2-8,14H,1H3/t8-/m1/s1. The van der Waals surface area contributed by atoms with Crippen LogP contribution in [-0.2, 0) is 0 Å². The lowest BCUT2D eigenvalue weighted by Crippen LogP contribution is -1.92. The van der Waals surface area contributed by atoms with Crippen LogP contribution < -0.4 is 0 Å². The molecule has 0 unspecified atom stereocenters. The van der Waals surface area contributed by atoms with Gasteiger partial charge in [0.25, 0.3) is 0 Å². The van der Waals surface area contributed by atoms with Crippen LogP contribution in [0.5, 0.6) is 0 Å². The summed E-state index contributed by atoms with van der Waals surface area (Å²) in [4.78, 5) is 0. The average Bonchev–Trinajstić information content (AvgIpc) is 2.17. The highest BCUT2D eigenvalue weighted by Gasteiger charge is 2.06. The largest absolute Gasteiger partial charge is 0.389 e. The van der Waals surface area contributed by atoms with Crippen LogP contribution in [-0.4, -0.2) is 5.11 Å². The molecule has 1 atom stereocenters. The first-order chi connectivity index (χ1) is 6.70.